The molecular formula is C15H12ClN3O2. The summed E-state index contributed by atoms with van der Waals surface area (Å²) >= 11 is 6.14. The molecule has 0 aliphatic rings. The summed E-state index contributed by atoms with van der Waals surface area (Å²) < 4.78 is 6.73. The van der Waals surface area contributed by atoms with E-state index in [1.165, 1.54) is 6.26 Å². The van der Waals surface area contributed by atoms with Crippen molar-refractivity contribution < 1.29 is 9.21 Å². The van der Waals surface area contributed by atoms with Crippen LogP contribution in [0.4, 0.5) is 5.82 Å². The largest absolute Gasteiger partial charge is 0.459 e. The molecule has 0 saturated heterocycles. The Morgan fingerprint density at radius 3 is 2.86 bits per heavy atom. The zero-order valence-electron chi connectivity index (χ0n) is 11.0. The van der Waals surface area contributed by atoms with Crippen molar-refractivity contribution in [3.05, 3.63) is 71.3 Å². The van der Waals surface area contributed by atoms with E-state index in [9.17, 15) is 4.79 Å². The number of rotatable bonds is 4. The quantitative estimate of drug-likeness (QED) is 0.803. The number of amides is 1. The second-order valence-corrected chi connectivity index (χ2v) is 4.80. The summed E-state index contributed by atoms with van der Waals surface area (Å²) in [6.45, 7) is 0.473. The van der Waals surface area contributed by atoms with Crippen molar-refractivity contribution in [2.24, 2.45) is 0 Å². The molecule has 0 aliphatic heterocycles. The lowest BCUT2D eigenvalue weighted by Gasteiger charge is -2.09. The first-order valence-corrected chi connectivity index (χ1v) is 6.72. The second kappa shape index (κ2) is 5.85. The van der Waals surface area contributed by atoms with E-state index >= 15 is 0 Å². The Kier molecular flexibility index (Phi) is 3.75. The maximum absolute atomic E-state index is 12.0. The lowest BCUT2D eigenvalue weighted by Crippen LogP contribution is -2.15. The Morgan fingerprint density at radius 2 is 2.10 bits per heavy atom. The molecule has 0 fully saturated rings. The first kappa shape index (κ1) is 13.5. The second-order valence-electron chi connectivity index (χ2n) is 4.40. The number of anilines is 1. The minimum atomic E-state index is -0.319. The molecule has 0 bridgehead atoms. The van der Waals surface area contributed by atoms with E-state index in [0.29, 0.717) is 17.4 Å². The Hall–Kier alpha value is -2.53. The molecule has 0 aliphatic carbocycles. The normalized spacial score (nSPS) is 10.5. The molecule has 0 saturated carbocycles. The first-order valence-electron chi connectivity index (χ1n) is 6.34. The highest BCUT2D eigenvalue weighted by molar-refractivity contribution is 6.31. The van der Waals surface area contributed by atoms with Crippen LogP contribution in [0.2, 0.25) is 5.02 Å². The van der Waals surface area contributed by atoms with Crippen molar-refractivity contribution in [2.75, 3.05) is 5.32 Å². The van der Waals surface area contributed by atoms with Gasteiger partial charge in [-0.1, -0.05) is 29.8 Å². The van der Waals surface area contributed by atoms with Crippen molar-refractivity contribution in [2.45, 2.75) is 6.54 Å². The maximum atomic E-state index is 12.0. The van der Waals surface area contributed by atoms with E-state index < -0.39 is 0 Å². The van der Waals surface area contributed by atoms with Crippen LogP contribution in [0.25, 0.3) is 0 Å². The number of furan rings is 1. The van der Waals surface area contributed by atoms with Gasteiger partial charge in [-0.05, 0) is 23.8 Å². The van der Waals surface area contributed by atoms with E-state index in [-0.39, 0.29) is 11.7 Å². The van der Waals surface area contributed by atoms with Gasteiger partial charge >= 0.3 is 0 Å². The van der Waals surface area contributed by atoms with Crippen LogP contribution in [0.5, 0.6) is 0 Å². The molecule has 5 nitrogen and oxygen atoms in total. The summed E-state index contributed by atoms with van der Waals surface area (Å²) in [5, 5.41) is 7.62. The van der Waals surface area contributed by atoms with Gasteiger partial charge in [-0.15, -0.1) is 0 Å². The monoisotopic (exact) mass is 301 g/mol. The highest BCUT2D eigenvalue weighted by Gasteiger charge is 2.12. The predicted molar refractivity (Wildman–Crippen MR) is 79.4 cm³/mol. The van der Waals surface area contributed by atoms with Gasteiger partial charge in [0.1, 0.15) is 5.82 Å². The Labute approximate surface area is 126 Å². The van der Waals surface area contributed by atoms with Gasteiger partial charge in [0, 0.05) is 11.1 Å². The number of hydrogen-bond acceptors (Lipinski definition) is 3. The van der Waals surface area contributed by atoms with Gasteiger partial charge in [-0.25, -0.2) is 4.68 Å². The van der Waals surface area contributed by atoms with Crippen LogP contribution in [0.15, 0.2) is 59.3 Å². The molecule has 3 rings (SSSR count). The van der Waals surface area contributed by atoms with Crippen LogP contribution >= 0.6 is 11.6 Å². The third-order valence-corrected chi connectivity index (χ3v) is 3.35. The lowest BCUT2D eigenvalue weighted by molar-refractivity contribution is 0.0995. The number of carbonyl (C=O) groups is 1. The van der Waals surface area contributed by atoms with E-state index in [4.69, 9.17) is 16.0 Å². The van der Waals surface area contributed by atoms with Crippen LogP contribution in [0.1, 0.15) is 16.1 Å². The lowest BCUT2D eigenvalue weighted by atomic mass is 10.2. The van der Waals surface area contributed by atoms with E-state index in [1.807, 2.05) is 24.3 Å². The van der Waals surface area contributed by atoms with Crippen molar-refractivity contribution >= 4 is 23.3 Å². The number of benzene rings is 1. The first-order chi connectivity index (χ1) is 10.2. The molecule has 0 unspecified atom stereocenters. The highest BCUT2D eigenvalue weighted by Crippen LogP contribution is 2.18. The standard InChI is InChI=1S/C15H12ClN3O2/c16-12-5-2-1-4-11(12)10-19-14(7-8-17-19)18-15(20)13-6-3-9-21-13/h1-9H,10H2,(H,18,20). The minimum Gasteiger partial charge on any atom is -0.459 e. The summed E-state index contributed by atoms with van der Waals surface area (Å²) in [6, 6.07) is 12.5. The molecule has 1 aromatic carbocycles. The number of hydrogen-bond donors (Lipinski definition) is 1. The smallest absolute Gasteiger partial charge is 0.292 e. The fourth-order valence-corrected chi connectivity index (χ4v) is 2.13. The molecular weight excluding hydrogens is 290 g/mol. The van der Waals surface area contributed by atoms with Gasteiger partial charge in [-0.2, -0.15) is 5.10 Å². The summed E-state index contributed by atoms with van der Waals surface area (Å²) in [5.41, 5.74) is 0.927. The Morgan fingerprint density at radius 1 is 1.24 bits per heavy atom. The summed E-state index contributed by atoms with van der Waals surface area (Å²) in [7, 11) is 0. The summed E-state index contributed by atoms with van der Waals surface area (Å²) in [4.78, 5) is 12.0. The molecule has 3 aromatic rings. The van der Waals surface area contributed by atoms with Gasteiger partial charge in [0.05, 0.1) is 19.0 Å². The zero-order chi connectivity index (χ0) is 14.7. The molecule has 1 N–H and O–H groups in total. The Balaban J connectivity index is 1.78. The van der Waals surface area contributed by atoms with E-state index in [2.05, 4.69) is 10.4 Å². The highest BCUT2D eigenvalue weighted by atomic mass is 35.5. The summed E-state index contributed by atoms with van der Waals surface area (Å²) in [5.74, 6) is 0.512. The van der Waals surface area contributed by atoms with Crippen LogP contribution in [-0.2, 0) is 6.54 Å². The number of halogens is 1. The maximum Gasteiger partial charge on any atom is 0.292 e. The third kappa shape index (κ3) is 2.98. The van der Waals surface area contributed by atoms with Crippen molar-refractivity contribution in [1.82, 2.24) is 9.78 Å². The SMILES string of the molecule is O=C(Nc1ccnn1Cc1ccccc1Cl)c1ccco1. The van der Waals surface area contributed by atoms with Gasteiger partial charge in [0.15, 0.2) is 5.76 Å². The number of carbonyl (C=O) groups excluding carboxylic acids is 1. The van der Waals surface area contributed by atoms with Crippen LogP contribution in [0, 0.1) is 0 Å². The minimum absolute atomic E-state index is 0.250. The molecule has 6 heteroatoms. The van der Waals surface area contributed by atoms with Gasteiger partial charge in [0.25, 0.3) is 5.91 Å². The molecule has 0 spiro atoms. The number of nitrogens with zero attached hydrogens (tertiary/aromatic N) is 2. The van der Waals surface area contributed by atoms with Crippen molar-refractivity contribution in [3.8, 4) is 0 Å². The van der Waals surface area contributed by atoms with Gasteiger partial charge in [0.2, 0.25) is 0 Å². The fourth-order valence-electron chi connectivity index (χ4n) is 1.94. The average Bonchev–Trinajstić information content (AvgIpc) is 3.13. The van der Waals surface area contributed by atoms with Crippen LogP contribution in [0.3, 0.4) is 0 Å². The van der Waals surface area contributed by atoms with E-state index in [0.717, 1.165) is 5.56 Å². The fraction of sp³-hybridized carbons (Fsp3) is 0.0667. The number of nitrogens with one attached hydrogen (secondary N) is 1. The van der Waals surface area contributed by atoms with Gasteiger partial charge in [-0.3, -0.25) is 4.79 Å². The zero-order valence-corrected chi connectivity index (χ0v) is 11.7. The average molecular weight is 302 g/mol. The van der Waals surface area contributed by atoms with Crippen molar-refractivity contribution in [1.29, 1.82) is 0 Å². The Bertz CT molecular complexity index is 750. The molecule has 2 heterocycles. The van der Waals surface area contributed by atoms with E-state index in [1.54, 1.807) is 29.1 Å². The third-order valence-electron chi connectivity index (χ3n) is 2.98. The van der Waals surface area contributed by atoms with Crippen molar-refractivity contribution in [3.63, 3.8) is 0 Å². The van der Waals surface area contributed by atoms with Crippen LogP contribution in [-0.4, -0.2) is 15.7 Å². The topological polar surface area (TPSA) is 60.1 Å². The molecule has 21 heavy (non-hydrogen) atoms. The molecule has 0 radical (unpaired) electrons. The molecule has 2 aromatic heterocycles. The van der Waals surface area contributed by atoms with Gasteiger partial charge < -0.3 is 9.73 Å². The van der Waals surface area contributed by atoms with Crippen LogP contribution < -0.4 is 5.32 Å². The molecule has 1 amide bonds. The predicted octanol–water partition coefficient (Wildman–Crippen LogP) is 3.43. The summed E-state index contributed by atoms with van der Waals surface area (Å²) in [6.07, 6.45) is 3.07. The molecule has 106 valence electrons. The molecule has 0 atom stereocenters. The number of aromatic nitrogens is 2.